The highest BCUT2D eigenvalue weighted by atomic mass is 35.5. The summed E-state index contributed by atoms with van der Waals surface area (Å²) in [6.07, 6.45) is 0. The lowest BCUT2D eigenvalue weighted by molar-refractivity contribution is -0.133. The smallest absolute Gasteiger partial charge is 0.229 e. The molecular formula is C26H26Cl2N2O. The van der Waals surface area contributed by atoms with Crippen LogP contribution >= 0.6 is 23.2 Å². The van der Waals surface area contributed by atoms with E-state index in [1.54, 1.807) is 0 Å². The number of halogens is 2. The van der Waals surface area contributed by atoms with Gasteiger partial charge in [-0.1, -0.05) is 65.7 Å². The number of piperazine rings is 1. The minimum absolute atomic E-state index is 0.0396. The van der Waals surface area contributed by atoms with Crippen LogP contribution in [-0.2, 0) is 4.79 Å². The number of amides is 1. The van der Waals surface area contributed by atoms with Crippen LogP contribution in [0.1, 0.15) is 35.6 Å². The summed E-state index contributed by atoms with van der Waals surface area (Å²) in [5.74, 6) is -0.00599. The highest BCUT2D eigenvalue weighted by molar-refractivity contribution is 6.31. The zero-order chi connectivity index (χ0) is 22.0. The molecule has 0 aliphatic carbocycles. The number of carbonyl (C=O) groups excluding carboxylic acids is 1. The van der Waals surface area contributed by atoms with Gasteiger partial charge in [0.05, 0.1) is 12.0 Å². The molecule has 0 spiro atoms. The van der Waals surface area contributed by atoms with Gasteiger partial charge in [0.2, 0.25) is 5.91 Å². The van der Waals surface area contributed by atoms with Crippen LogP contribution in [0, 0.1) is 6.92 Å². The molecular weight excluding hydrogens is 427 g/mol. The first-order valence-electron chi connectivity index (χ1n) is 10.6. The summed E-state index contributed by atoms with van der Waals surface area (Å²) in [5, 5.41) is 1.44. The van der Waals surface area contributed by atoms with Crippen molar-refractivity contribution in [1.29, 1.82) is 0 Å². The number of hydrogen-bond donors (Lipinski definition) is 0. The fourth-order valence-electron chi connectivity index (χ4n) is 4.34. The molecule has 0 aromatic heterocycles. The lowest BCUT2D eigenvalue weighted by Gasteiger charge is -2.44. The third-order valence-corrected chi connectivity index (χ3v) is 6.57. The molecule has 1 fully saturated rings. The normalized spacial score (nSPS) is 17.5. The van der Waals surface area contributed by atoms with Gasteiger partial charge >= 0.3 is 0 Å². The zero-order valence-electron chi connectivity index (χ0n) is 17.8. The third kappa shape index (κ3) is 4.73. The van der Waals surface area contributed by atoms with Gasteiger partial charge in [-0.3, -0.25) is 4.79 Å². The summed E-state index contributed by atoms with van der Waals surface area (Å²) < 4.78 is 0. The molecule has 160 valence electrons. The van der Waals surface area contributed by atoms with Gasteiger partial charge in [0.15, 0.2) is 0 Å². The third-order valence-electron chi connectivity index (χ3n) is 6.09. The molecule has 5 heteroatoms. The molecule has 3 nitrogen and oxygen atoms in total. The molecule has 1 saturated heterocycles. The maximum atomic E-state index is 13.4. The van der Waals surface area contributed by atoms with E-state index in [0.717, 1.165) is 33.9 Å². The maximum absolute atomic E-state index is 13.4. The molecule has 0 N–H and O–H groups in total. The number of rotatable bonds is 4. The minimum Gasteiger partial charge on any atom is -0.361 e. The Morgan fingerprint density at radius 1 is 0.935 bits per heavy atom. The van der Waals surface area contributed by atoms with Gasteiger partial charge < -0.3 is 9.80 Å². The molecule has 4 rings (SSSR count). The van der Waals surface area contributed by atoms with Gasteiger partial charge in [0, 0.05) is 35.4 Å². The van der Waals surface area contributed by atoms with E-state index in [1.807, 2.05) is 66.4 Å². The lowest BCUT2D eigenvalue weighted by atomic mass is 9.96. The van der Waals surface area contributed by atoms with E-state index in [-0.39, 0.29) is 17.9 Å². The van der Waals surface area contributed by atoms with Crippen LogP contribution in [0.15, 0.2) is 72.8 Å². The van der Waals surface area contributed by atoms with Crippen molar-refractivity contribution in [3.8, 4) is 0 Å². The molecule has 3 aromatic carbocycles. The number of nitrogens with zero attached hydrogens (tertiary/aromatic N) is 2. The Bertz CT molecular complexity index is 1050. The van der Waals surface area contributed by atoms with Crippen molar-refractivity contribution in [2.75, 3.05) is 24.5 Å². The first-order valence-corrected chi connectivity index (χ1v) is 11.3. The van der Waals surface area contributed by atoms with E-state index in [4.69, 9.17) is 23.2 Å². The summed E-state index contributed by atoms with van der Waals surface area (Å²) in [7, 11) is 0. The van der Waals surface area contributed by atoms with Gasteiger partial charge in [-0.15, -0.1) is 0 Å². The largest absolute Gasteiger partial charge is 0.361 e. The van der Waals surface area contributed by atoms with Gasteiger partial charge in [0.25, 0.3) is 0 Å². The Kier molecular flexibility index (Phi) is 6.54. The average molecular weight is 453 g/mol. The summed E-state index contributed by atoms with van der Waals surface area (Å²) >= 11 is 12.3. The number of hydrogen-bond acceptors (Lipinski definition) is 2. The molecule has 1 amide bonds. The van der Waals surface area contributed by atoms with Crippen molar-refractivity contribution < 1.29 is 4.79 Å². The van der Waals surface area contributed by atoms with Crippen LogP contribution in [-0.4, -0.2) is 30.4 Å². The standard InChI is InChI=1S/C26H26Cl2N2O/c1-18-16-23(28)12-13-24(18)30-15-14-29(17-25(30)21-8-10-22(27)11-9-21)26(31)19(2)20-6-4-3-5-7-20/h3-13,16,19,25H,14-15,17H2,1-2H3/t19-,25-/m0/s1. The molecule has 0 saturated carbocycles. The SMILES string of the molecule is Cc1cc(Cl)ccc1N1CCN(C(=O)[C@@H](C)c2ccccc2)C[C@H]1c1ccc(Cl)cc1. The zero-order valence-corrected chi connectivity index (χ0v) is 19.3. The number of anilines is 1. The highest BCUT2D eigenvalue weighted by Gasteiger charge is 2.33. The van der Waals surface area contributed by atoms with Gasteiger partial charge in [-0.2, -0.15) is 0 Å². The van der Waals surface area contributed by atoms with Crippen molar-refractivity contribution in [2.45, 2.75) is 25.8 Å². The number of aryl methyl sites for hydroxylation is 1. The van der Waals surface area contributed by atoms with Gasteiger partial charge in [0.1, 0.15) is 0 Å². The predicted molar refractivity (Wildman–Crippen MR) is 129 cm³/mol. The molecule has 1 heterocycles. The molecule has 0 radical (unpaired) electrons. The Balaban J connectivity index is 1.64. The summed E-state index contributed by atoms with van der Waals surface area (Å²) in [5.41, 5.74) is 4.46. The van der Waals surface area contributed by atoms with E-state index in [2.05, 4.69) is 30.0 Å². The molecule has 1 aliphatic rings. The van der Waals surface area contributed by atoms with E-state index >= 15 is 0 Å². The van der Waals surface area contributed by atoms with Crippen LogP contribution in [0.2, 0.25) is 10.0 Å². The van der Waals surface area contributed by atoms with Crippen molar-refractivity contribution in [3.63, 3.8) is 0 Å². The molecule has 0 unspecified atom stereocenters. The molecule has 3 aromatic rings. The molecule has 1 aliphatic heterocycles. The topological polar surface area (TPSA) is 23.6 Å². The van der Waals surface area contributed by atoms with E-state index < -0.39 is 0 Å². The summed E-state index contributed by atoms with van der Waals surface area (Å²) in [6.45, 7) is 6.13. The second-order valence-electron chi connectivity index (χ2n) is 8.11. The second kappa shape index (κ2) is 9.33. The first-order chi connectivity index (χ1) is 14.9. The monoisotopic (exact) mass is 452 g/mol. The number of carbonyl (C=O) groups is 1. The predicted octanol–water partition coefficient (Wildman–Crippen LogP) is 6.50. The van der Waals surface area contributed by atoms with Crippen LogP contribution < -0.4 is 4.90 Å². The van der Waals surface area contributed by atoms with Crippen LogP contribution in [0.25, 0.3) is 0 Å². The summed E-state index contributed by atoms with van der Waals surface area (Å²) in [4.78, 5) is 17.7. The second-order valence-corrected chi connectivity index (χ2v) is 8.98. The molecule has 2 atom stereocenters. The Morgan fingerprint density at radius 3 is 2.29 bits per heavy atom. The number of benzene rings is 3. The fourth-order valence-corrected chi connectivity index (χ4v) is 4.69. The van der Waals surface area contributed by atoms with Crippen LogP contribution in [0.5, 0.6) is 0 Å². The Hall–Kier alpha value is -2.49. The Labute approximate surface area is 194 Å². The Morgan fingerprint density at radius 2 is 1.61 bits per heavy atom. The summed E-state index contributed by atoms with van der Waals surface area (Å²) in [6, 6.07) is 24.0. The van der Waals surface area contributed by atoms with Crippen LogP contribution in [0.3, 0.4) is 0 Å². The maximum Gasteiger partial charge on any atom is 0.229 e. The quantitative estimate of drug-likeness (QED) is 0.451. The van der Waals surface area contributed by atoms with E-state index in [0.29, 0.717) is 18.1 Å². The van der Waals surface area contributed by atoms with Crippen molar-refractivity contribution in [3.05, 3.63) is 99.5 Å². The van der Waals surface area contributed by atoms with Gasteiger partial charge in [-0.25, -0.2) is 0 Å². The van der Waals surface area contributed by atoms with Crippen molar-refractivity contribution in [2.24, 2.45) is 0 Å². The lowest BCUT2D eigenvalue weighted by Crippen LogP contribution is -2.51. The van der Waals surface area contributed by atoms with Gasteiger partial charge in [-0.05, 0) is 60.9 Å². The molecule has 31 heavy (non-hydrogen) atoms. The van der Waals surface area contributed by atoms with Crippen molar-refractivity contribution >= 4 is 34.8 Å². The minimum atomic E-state index is -0.170. The van der Waals surface area contributed by atoms with Crippen molar-refractivity contribution in [1.82, 2.24) is 4.90 Å². The molecule has 0 bridgehead atoms. The average Bonchev–Trinajstić information content (AvgIpc) is 2.79. The first kappa shape index (κ1) is 21.7. The fraction of sp³-hybridized carbons (Fsp3) is 0.269. The van der Waals surface area contributed by atoms with E-state index in [1.165, 1.54) is 0 Å². The van der Waals surface area contributed by atoms with E-state index in [9.17, 15) is 4.79 Å². The van der Waals surface area contributed by atoms with Crippen LogP contribution in [0.4, 0.5) is 5.69 Å². The highest BCUT2D eigenvalue weighted by Crippen LogP contribution is 2.35.